The summed E-state index contributed by atoms with van der Waals surface area (Å²) in [5.41, 5.74) is 5.96. The lowest BCUT2D eigenvalue weighted by atomic mass is 10.0. The standard InChI is InChI=1S/C18H23N3O/c1-13-14(2)19-20-17(13)9-10-18(22)21-11-5-8-15-6-3-4-7-16(15)12-21/h3-4,6-7H,5,8-12H2,1-2H3,(H,19,20). The highest BCUT2D eigenvalue weighted by molar-refractivity contribution is 5.76. The van der Waals surface area contributed by atoms with Gasteiger partial charge in [0.2, 0.25) is 5.91 Å². The Morgan fingerprint density at radius 3 is 2.77 bits per heavy atom. The van der Waals surface area contributed by atoms with Crippen molar-refractivity contribution >= 4 is 5.91 Å². The number of rotatable bonds is 3. The molecule has 0 bridgehead atoms. The lowest BCUT2D eigenvalue weighted by Crippen LogP contribution is -2.30. The van der Waals surface area contributed by atoms with Gasteiger partial charge in [0.15, 0.2) is 0 Å². The van der Waals surface area contributed by atoms with E-state index in [1.807, 2.05) is 11.8 Å². The maximum Gasteiger partial charge on any atom is 0.223 e. The number of nitrogens with one attached hydrogen (secondary N) is 1. The number of aromatic amines is 1. The van der Waals surface area contributed by atoms with Gasteiger partial charge in [-0.25, -0.2) is 0 Å². The van der Waals surface area contributed by atoms with Crippen molar-refractivity contribution in [3.63, 3.8) is 0 Å². The molecule has 116 valence electrons. The van der Waals surface area contributed by atoms with Crippen LogP contribution in [0.15, 0.2) is 24.3 Å². The van der Waals surface area contributed by atoms with Gasteiger partial charge in [0.1, 0.15) is 0 Å². The van der Waals surface area contributed by atoms with Gasteiger partial charge in [0, 0.05) is 31.6 Å². The molecule has 2 aromatic rings. The number of aromatic nitrogens is 2. The normalized spacial score (nSPS) is 14.5. The maximum absolute atomic E-state index is 12.5. The van der Waals surface area contributed by atoms with E-state index in [0.717, 1.165) is 37.3 Å². The van der Waals surface area contributed by atoms with E-state index < -0.39 is 0 Å². The second-order valence-corrected chi connectivity index (χ2v) is 6.11. The number of fused-ring (bicyclic) bond motifs is 1. The second-order valence-electron chi connectivity index (χ2n) is 6.11. The Hall–Kier alpha value is -2.10. The molecule has 0 saturated heterocycles. The number of hydrogen-bond donors (Lipinski definition) is 1. The van der Waals surface area contributed by atoms with Crippen molar-refractivity contribution in [1.29, 1.82) is 0 Å². The minimum atomic E-state index is 0.233. The molecule has 2 heterocycles. The number of nitrogens with zero attached hydrogens (tertiary/aromatic N) is 2. The molecule has 4 nitrogen and oxygen atoms in total. The van der Waals surface area contributed by atoms with E-state index in [9.17, 15) is 4.79 Å². The summed E-state index contributed by atoms with van der Waals surface area (Å²) < 4.78 is 0. The first-order chi connectivity index (χ1) is 10.6. The van der Waals surface area contributed by atoms with Crippen LogP contribution in [0.3, 0.4) is 0 Å². The molecule has 4 heteroatoms. The van der Waals surface area contributed by atoms with Gasteiger partial charge in [-0.2, -0.15) is 5.10 Å². The third-order valence-electron chi connectivity index (χ3n) is 4.64. The van der Waals surface area contributed by atoms with Crippen LogP contribution in [0, 0.1) is 13.8 Å². The molecule has 0 atom stereocenters. The molecule has 0 unspecified atom stereocenters. The molecule has 1 amide bonds. The van der Waals surface area contributed by atoms with E-state index in [2.05, 4.69) is 41.4 Å². The zero-order valence-electron chi connectivity index (χ0n) is 13.4. The Kier molecular flexibility index (Phi) is 4.27. The van der Waals surface area contributed by atoms with Crippen LogP contribution in [0.4, 0.5) is 0 Å². The molecule has 0 spiro atoms. The highest BCUT2D eigenvalue weighted by Gasteiger charge is 2.19. The van der Waals surface area contributed by atoms with Crippen LogP contribution in [0.2, 0.25) is 0 Å². The third-order valence-corrected chi connectivity index (χ3v) is 4.64. The number of hydrogen-bond acceptors (Lipinski definition) is 2. The van der Waals surface area contributed by atoms with Crippen molar-refractivity contribution in [2.45, 2.75) is 46.1 Å². The maximum atomic E-state index is 12.5. The van der Waals surface area contributed by atoms with Crippen molar-refractivity contribution in [2.75, 3.05) is 6.54 Å². The molecular formula is C18H23N3O. The van der Waals surface area contributed by atoms with Crippen LogP contribution < -0.4 is 0 Å². The highest BCUT2D eigenvalue weighted by Crippen LogP contribution is 2.19. The first kappa shape index (κ1) is 14.8. The summed E-state index contributed by atoms with van der Waals surface area (Å²) in [7, 11) is 0. The fourth-order valence-corrected chi connectivity index (χ4v) is 3.08. The molecule has 0 fully saturated rings. The number of carbonyl (C=O) groups is 1. The van der Waals surface area contributed by atoms with Crippen LogP contribution in [-0.4, -0.2) is 27.5 Å². The van der Waals surface area contributed by atoms with E-state index in [1.54, 1.807) is 0 Å². The van der Waals surface area contributed by atoms with Crippen molar-refractivity contribution in [1.82, 2.24) is 15.1 Å². The van der Waals surface area contributed by atoms with Gasteiger partial charge >= 0.3 is 0 Å². The van der Waals surface area contributed by atoms with Crippen molar-refractivity contribution in [2.24, 2.45) is 0 Å². The molecule has 0 aliphatic carbocycles. The monoisotopic (exact) mass is 297 g/mol. The minimum absolute atomic E-state index is 0.233. The Bertz CT molecular complexity index is 675. The number of aryl methyl sites for hydroxylation is 3. The lowest BCUT2D eigenvalue weighted by Gasteiger charge is -2.21. The number of benzene rings is 1. The summed E-state index contributed by atoms with van der Waals surface area (Å²) in [6, 6.07) is 8.46. The molecule has 1 aliphatic heterocycles. The molecule has 1 N–H and O–H groups in total. The summed E-state index contributed by atoms with van der Waals surface area (Å²) in [6.45, 7) is 5.67. The molecule has 3 rings (SSSR count). The number of H-pyrrole nitrogens is 1. The molecule has 1 aromatic carbocycles. The Morgan fingerprint density at radius 2 is 2.05 bits per heavy atom. The SMILES string of the molecule is Cc1[nH]nc(CCC(=O)N2CCCc3ccccc3C2)c1C. The van der Waals surface area contributed by atoms with E-state index in [-0.39, 0.29) is 5.91 Å². The van der Waals surface area contributed by atoms with Gasteiger partial charge in [-0.05, 0) is 43.4 Å². The lowest BCUT2D eigenvalue weighted by molar-refractivity contribution is -0.131. The van der Waals surface area contributed by atoms with Gasteiger partial charge in [-0.15, -0.1) is 0 Å². The minimum Gasteiger partial charge on any atom is -0.338 e. The zero-order valence-corrected chi connectivity index (χ0v) is 13.4. The topological polar surface area (TPSA) is 49.0 Å². The molecule has 1 aliphatic rings. The van der Waals surface area contributed by atoms with Crippen molar-refractivity contribution in [3.8, 4) is 0 Å². The van der Waals surface area contributed by atoms with Gasteiger partial charge < -0.3 is 4.90 Å². The average molecular weight is 297 g/mol. The Balaban J connectivity index is 1.64. The van der Waals surface area contributed by atoms with Gasteiger partial charge in [-0.3, -0.25) is 9.89 Å². The predicted octanol–water partition coefficient (Wildman–Crippen LogP) is 2.93. The van der Waals surface area contributed by atoms with E-state index >= 15 is 0 Å². The second kappa shape index (κ2) is 6.34. The molecule has 1 aromatic heterocycles. The number of carbonyl (C=O) groups excluding carboxylic acids is 1. The van der Waals surface area contributed by atoms with Crippen molar-refractivity contribution in [3.05, 3.63) is 52.3 Å². The summed E-state index contributed by atoms with van der Waals surface area (Å²) in [5, 5.41) is 7.28. The van der Waals surface area contributed by atoms with Gasteiger partial charge in [0.05, 0.1) is 5.69 Å². The van der Waals surface area contributed by atoms with Gasteiger partial charge in [-0.1, -0.05) is 24.3 Å². The van der Waals surface area contributed by atoms with E-state index in [1.165, 1.54) is 16.7 Å². The van der Waals surface area contributed by atoms with Gasteiger partial charge in [0.25, 0.3) is 0 Å². The van der Waals surface area contributed by atoms with Crippen molar-refractivity contribution < 1.29 is 4.79 Å². The average Bonchev–Trinajstić information content (AvgIpc) is 2.75. The molecule has 0 radical (unpaired) electrons. The predicted molar refractivity (Wildman–Crippen MR) is 86.6 cm³/mol. The van der Waals surface area contributed by atoms with Crippen LogP contribution in [-0.2, 0) is 24.2 Å². The smallest absolute Gasteiger partial charge is 0.223 e. The van der Waals surface area contributed by atoms with Crippen LogP contribution >= 0.6 is 0 Å². The molecular weight excluding hydrogens is 274 g/mol. The first-order valence-electron chi connectivity index (χ1n) is 8.00. The number of amides is 1. The quantitative estimate of drug-likeness (QED) is 0.947. The Labute approximate surface area is 131 Å². The van der Waals surface area contributed by atoms with E-state index in [4.69, 9.17) is 0 Å². The Morgan fingerprint density at radius 1 is 1.27 bits per heavy atom. The highest BCUT2D eigenvalue weighted by atomic mass is 16.2. The van der Waals surface area contributed by atoms with Crippen LogP contribution in [0.1, 0.15) is 40.9 Å². The largest absolute Gasteiger partial charge is 0.338 e. The summed E-state index contributed by atoms with van der Waals surface area (Å²) in [5.74, 6) is 0.233. The summed E-state index contributed by atoms with van der Waals surface area (Å²) in [4.78, 5) is 14.5. The summed E-state index contributed by atoms with van der Waals surface area (Å²) in [6.07, 6.45) is 3.36. The molecule has 22 heavy (non-hydrogen) atoms. The molecule has 0 saturated carbocycles. The fraction of sp³-hybridized carbons (Fsp3) is 0.444. The summed E-state index contributed by atoms with van der Waals surface area (Å²) >= 11 is 0. The van der Waals surface area contributed by atoms with Crippen LogP contribution in [0.5, 0.6) is 0 Å². The fourth-order valence-electron chi connectivity index (χ4n) is 3.08. The first-order valence-corrected chi connectivity index (χ1v) is 8.00. The van der Waals surface area contributed by atoms with Crippen LogP contribution in [0.25, 0.3) is 0 Å². The van der Waals surface area contributed by atoms with E-state index in [0.29, 0.717) is 12.8 Å². The third kappa shape index (κ3) is 3.06. The zero-order chi connectivity index (χ0) is 15.5.